The van der Waals surface area contributed by atoms with E-state index in [4.69, 9.17) is 19.3 Å². The third-order valence-corrected chi connectivity index (χ3v) is 2.52. The molecule has 5 nitrogen and oxygen atoms in total. The Balaban J connectivity index is 2.21. The molecule has 5 heteroatoms. The zero-order chi connectivity index (χ0) is 14.8. The van der Waals surface area contributed by atoms with Gasteiger partial charge in [0.2, 0.25) is 0 Å². The lowest BCUT2D eigenvalue weighted by Crippen LogP contribution is -2.21. The fourth-order valence-electron chi connectivity index (χ4n) is 1.46. The van der Waals surface area contributed by atoms with Gasteiger partial charge in [-0.3, -0.25) is 0 Å². The smallest absolute Gasteiger partial charge is 0.119 e. The molecule has 1 rings (SSSR count). The summed E-state index contributed by atoms with van der Waals surface area (Å²) in [5.74, 6) is 0.657. The Morgan fingerprint density at radius 3 is 2.40 bits per heavy atom. The van der Waals surface area contributed by atoms with Crippen molar-refractivity contribution in [1.29, 1.82) is 0 Å². The number of rotatable bonds is 10. The standard InChI is InChI=1S/C15H24O5/c1-12(2)19-8-7-18-10-13-3-5-15(6-4-13)20-11-14(17)9-16/h3-6,12,14,16-17H,7-11H2,1-2H3/t14-/m1/s1. The van der Waals surface area contributed by atoms with Gasteiger partial charge in [-0.15, -0.1) is 0 Å². The molecule has 0 aliphatic heterocycles. The third-order valence-electron chi connectivity index (χ3n) is 2.52. The van der Waals surface area contributed by atoms with Crippen molar-refractivity contribution in [3.05, 3.63) is 29.8 Å². The van der Waals surface area contributed by atoms with E-state index in [0.29, 0.717) is 25.6 Å². The van der Waals surface area contributed by atoms with Crippen LogP contribution in [0.5, 0.6) is 5.75 Å². The molecule has 0 aliphatic rings. The molecule has 1 aromatic carbocycles. The van der Waals surface area contributed by atoms with Gasteiger partial charge in [0.15, 0.2) is 0 Å². The summed E-state index contributed by atoms with van der Waals surface area (Å²) in [6.07, 6.45) is -0.622. The number of aliphatic hydroxyl groups is 2. The van der Waals surface area contributed by atoms with Crippen molar-refractivity contribution in [2.45, 2.75) is 32.7 Å². The molecular weight excluding hydrogens is 260 g/mol. The van der Waals surface area contributed by atoms with Gasteiger partial charge >= 0.3 is 0 Å². The molecule has 0 radical (unpaired) electrons. The van der Waals surface area contributed by atoms with E-state index in [1.54, 1.807) is 0 Å². The van der Waals surface area contributed by atoms with Crippen LogP contribution in [0.4, 0.5) is 0 Å². The van der Waals surface area contributed by atoms with Crippen LogP contribution in [0, 0.1) is 0 Å². The summed E-state index contributed by atoms with van der Waals surface area (Å²) >= 11 is 0. The highest BCUT2D eigenvalue weighted by Gasteiger charge is 2.03. The van der Waals surface area contributed by atoms with Crippen LogP contribution in [-0.2, 0) is 16.1 Å². The van der Waals surface area contributed by atoms with Crippen LogP contribution in [0.2, 0.25) is 0 Å². The van der Waals surface area contributed by atoms with Crippen molar-refractivity contribution < 1.29 is 24.4 Å². The second kappa shape index (κ2) is 9.72. The second-order valence-corrected chi connectivity index (χ2v) is 4.76. The molecule has 0 aromatic heterocycles. The van der Waals surface area contributed by atoms with Gasteiger partial charge in [0.25, 0.3) is 0 Å². The molecule has 0 amide bonds. The van der Waals surface area contributed by atoms with Gasteiger partial charge in [0.1, 0.15) is 18.5 Å². The monoisotopic (exact) mass is 284 g/mol. The van der Waals surface area contributed by atoms with E-state index >= 15 is 0 Å². The summed E-state index contributed by atoms with van der Waals surface area (Å²) in [4.78, 5) is 0. The first kappa shape index (κ1) is 16.9. The average Bonchev–Trinajstić information content (AvgIpc) is 2.45. The lowest BCUT2D eigenvalue weighted by atomic mass is 10.2. The van der Waals surface area contributed by atoms with Crippen LogP contribution >= 0.6 is 0 Å². The minimum absolute atomic E-state index is 0.0822. The minimum Gasteiger partial charge on any atom is -0.491 e. The predicted molar refractivity (Wildman–Crippen MR) is 75.8 cm³/mol. The number of hydrogen-bond acceptors (Lipinski definition) is 5. The Hall–Kier alpha value is -1.14. The van der Waals surface area contributed by atoms with Gasteiger partial charge in [-0.25, -0.2) is 0 Å². The molecule has 0 spiro atoms. The minimum atomic E-state index is -0.848. The molecule has 1 atom stereocenters. The zero-order valence-corrected chi connectivity index (χ0v) is 12.1. The maximum atomic E-state index is 9.17. The molecule has 0 heterocycles. The van der Waals surface area contributed by atoms with Crippen LogP contribution in [0.25, 0.3) is 0 Å². The molecule has 0 aliphatic carbocycles. The Labute approximate surface area is 120 Å². The van der Waals surface area contributed by atoms with Gasteiger partial charge < -0.3 is 24.4 Å². The molecular formula is C15H24O5. The largest absolute Gasteiger partial charge is 0.491 e. The lowest BCUT2D eigenvalue weighted by molar-refractivity contribution is 0.0143. The van der Waals surface area contributed by atoms with E-state index in [1.807, 2.05) is 38.1 Å². The molecule has 0 bridgehead atoms. The van der Waals surface area contributed by atoms with Crippen LogP contribution in [0.3, 0.4) is 0 Å². The summed E-state index contributed by atoms with van der Waals surface area (Å²) in [5, 5.41) is 17.8. The van der Waals surface area contributed by atoms with E-state index in [1.165, 1.54) is 0 Å². The van der Waals surface area contributed by atoms with E-state index in [-0.39, 0.29) is 19.3 Å². The summed E-state index contributed by atoms with van der Waals surface area (Å²) in [7, 11) is 0. The number of hydrogen-bond donors (Lipinski definition) is 2. The maximum absolute atomic E-state index is 9.17. The summed E-state index contributed by atoms with van der Waals surface area (Å²) < 4.78 is 16.2. The van der Waals surface area contributed by atoms with Crippen molar-refractivity contribution in [2.24, 2.45) is 0 Å². The predicted octanol–water partition coefficient (Wildman–Crippen LogP) is 1.36. The van der Waals surface area contributed by atoms with Gasteiger partial charge in [0.05, 0.1) is 32.5 Å². The molecule has 114 valence electrons. The molecule has 0 unspecified atom stereocenters. The highest BCUT2D eigenvalue weighted by molar-refractivity contribution is 5.26. The number of benzene rings is 1. The SMILES string of the molecule is CC(C)OCCOCc1ccc(OC[C@H](O)CO)cc1. The van der Waals surface area contributed by atoms with Gasteiger partial charge in [0, 0.05) is 0 Å². The Morgan fingerprint density at radius 2 is 1.80 bits per heavy atom. The van der Waals surface area contributed by atoms with E-state index in [0.717, 1.165) is 5.56 Å². The molecule has 2 N–H and O–H groups in total. The normalized spacial score (nSPS) is 12.7. The summed E-state index contributed by atoms with van der Waals surface area (Å²) in [5.41, 5.74) is 1.05. The van der Waals surface area contributed by atoms with Crippen LogP contribution in [-0.4, -0.2) is 48.8 Å². The third kappa shape index (κ3) is 7.45. The second-order valence-electron chi connectivity index (χ2n) is 4.76. The van der Waals surface area contributed by atoms with Crippen molar-refractivity contribution in [3.63, 3.8) is 0 Å². The van der Waals surface area contributed by atoms with Crippen molar-refractivity contribution in [2.75, 3.05) is 26.4 Å². The number of aliphatic hydroxyl groups excluding tert-OH is 2. The van der Waals surface area contributed by atoms with Crippen LogP contribution in [0.1, 0.15) is 19.4 Å². The zero-order valence-electron chi connectivity index (χ0n) is 12.1. The number of ether oxygens (including phenoxy) is 3. The first-order chi connectivity index (χ1) is 9.61. The Morgan fingerprint density at radius 1 is 1.10 bits per heavy atom. The average molecular weight is 284 g/mol. The molecule has 0 saturated heterocycles. The topological polar surface area (TPSA) is 68.2 Å². The van der Waals surface area contributed by atoms with Crippen molar-refractivity contribution in [1.82, 2.24) is 0 Å². The molecule has 20 heavy (non-hydrogen) atoms. The van der Waals surface area contributed by atoms with E-state index in [9.17, 15) is 5.11 Å². The summed E-state index contributed by atoms with van der Waals surface area (Å²) in [6, 6.07) is 7.44. The Bertz CT molecular complexity index is 350. The molecule has 1 aromatic rings. The first-order valence-electron chi connectivity index (χ1n) is 6.82. The van der Waals surface area contributed by atoms with Gasteiger partial charge in [-0.1, -0.05) is 12.1 Å². The van der Waals surface area contributed by atoms with Crippen molar-refractivity contribution in [3.8, 4) is 5.75 Å². The highest BCUT2D eigenvalue weighted by Crippen LogP contribution is 2.13. The first-order valence-corrected chi connectivity index (χ1v) is 6.82. The van der Waals surface area contributed by atoms with Crippen LogP contribution in [0.15, 0.2) is 24.3 Å². The quantitative estimate of drug-likeness (QED) is 0.635. The van der Waals surface area contributed by atoms with Gasteiger partial charge in [-0.05, 0) is 31.5 Å². The lowest BCUT2D eigenvalue weighted by Gasteiger charge is -2.11. The fraction of sp³-hybridized carbons (Fsp3) is 0.600. The van der Waals surface area contributed by atoms with Gasteiger partial charge in [-0.2, -0.15) is 0 Å². The fourth-order valence-corrected chi connectivity index (χ4v) is 1.46. The van der Waals surface area contributed by atoms with Crippen molar-refractivity contribution >= 4 is 0 Å². The van der Waals surface area contributed by atoms with Crippen LogP contribution < -0.4 is 4.74 Å². The van der Waals surface area contributed by atoms with E-state index < -0.39 is 6.10 Å². The maximum Gasteiger partial charge on any atom is 0.119 e. The molecule has 0 fully saturated rings. The molecule has 0 saturated carbocycles. The summed E-state index contributed by atoms with van der Waals surface area (Å²) in [6.45, 7) is 5.46. The highest BCUT2D eigenvalue weighted by atomic mass is 16.5. The van der Waals surface area contributed by atoms with E-state index in [2.05, 4.69) is 0 Å². The Kier molecular flexibility index (Phi) is 8.22.